The van der Waals surface area contributed by atoms with Gasteiger partial charge in [0, 0.05) is 19.1 Å². The van der Waals surface area contributed by atoms with Gasteiger partial charge in [-0.2, -0.15) is 0 Å². The molecule has 3 N–H and O–H groups in total. The molecule has 0 unspecified atom stereocenters. The molecule has 0 aromatic heterocycles. The average Bonchev–Trinajstić information content (AvgIpc) is 2.27. The molecule has 1 heterocycles. The molecular formula is C13H27N3O. The Morgan fingerprint density at radius 1 is 1.41 bits per heavy atom. The lowest BCUT2D eigenvalue weighted by Crippen LogP contribution is -2.53. The molecule has 0 aliphatic carbocycles. The summed E-state index contributed by atoms with van der Waals surface area (Å²) in [5.74, 6) is -0.00699. The second kappa shape index (κ2) is 5.83. The summed E-state index contributed by atoms with van der Waals surface area (Å²) in [6, 6.07) is -0.120. The lowest BCUT2D eigenvalue weighted by atomic mass is 9.86. The molecule has 1 rings (SSSR count). The SMILES string of the molecule is CCN1CCC(NC(=O)[C@@H](N)C(C)(C)C)CC1. The van der Waals surface area contributed by atoms with E-state index in [4.69, 9.17) is 5.73 Å². The molecule has 1 aliphatic rings. The van der Waals surface area contributed by atoms with Crippen LogP contribution in [0, 0.1) is 5.41 Å². The van der Waals surface area contributed by atoms with Gasteiger partial charge in [-0.3, -0.25) is 4.79 Å². The maximum atomic E-state index is 12.0. The fourth-order valence-corrected chi connectivity index (χ4v) is 2.08. The summed E-state index contributed by atoms with van der Waals surface area (Å²) < 4.78 is 0. The molecule has 1 amide bonds. The third kappa shape index (κ3) is 4.28. The van der Waals surface area contributed by atoms with Crippen molar-refractivity contribution in [3.05, 3.63) is 0 Å². The quantitative estimate of drug-likeness (QED) is 0.774. The van der Waals surface area contributed by atoms with Crippen LogP contribution in [0.5, 0.6) is 0 Å². The number of likely N-dealkylation sites (tertiary alicyclic amines) is 1. The van der Waals surface area contributed by atoms with Crippen LogP contribution in [0.15, 0.2) is 0 Å². The van der Waals surface area contributed by atoms with E-state index in [1.54, 1.807) is 0 Å². The first-order valence-corrected chi connectivity index (χ1v) is 6.63. The molecule has 100 valence electrons. The van der Waals surface area contributed by atoms with E-state index in [1.807, 2.05) is 20.8 Å². The fraction of sp³-hybridized carbons (Fsp3) is 0.923. The van der Waals surface area contributed by atoms with Crippen LogP contribution in [0.25, 0.3) is 0 Å². The molecule has 0 aromatic rings. The maximum absolute atomic E-state index is 12.0. The fourth-order valence-electron chi connectivity index (χ4n) is 2.08. The summed E-state index contributed by atoms with van der Waals surface area (Å²) in [6.07, 6.45) is 2.08. The van der Waals surface area contributed by atoms with Crippen LogP contribution in [0.1, 0.15) is 40.5 Å². The van der Waals surface area contributed by atoms with Crippen molar-refractivity contribution >= 4 is 5.91 Å². The zero-order valence-electron chi connectivity index (χ0n) is 11.6. The van der Waals surface area contributed by atoms with Crippen LogP contribution in [0.2, 0.25) is 0 Å². The van der Waals surface area contributed by atoms with Crippen LogP contribution >= 0.6 is 0 Å². The predicted octanol–water partition coefficient (Wildman–Crippen LogP) is 0.960. The maximum Gasteiger partial charge on any atom is 0.237 e. The molecule has 4 heteroatoms. The van der Waals surface area contributed by atoms with Gasteiger partial charge < -0.3 is 16.0 Å². The van der Waals surface area contributed by atoms with Gasteiger partial charge in [0.15, 0.2) is 0 Å². The van der Waals surface area contributed by atoms with E-state index in [-0.39, 0.29) is 11.3 Å². The van der Waals surface area contributed by atoms with Crippen molar-refractivity contribution in [3.63, 3.8) is 0 Å². The number of carbonyl (C=O) groups excluding carboxylic acids is 1. The Bertz CT molecular complexity index is 252. The standard InChI is InChI=1S/C13H27N3O/c1-5-16-8-6-10(7-9-16)15-12(17)11(14)13(2,3)4/h10-11H,5-9,14H2,1-4H3,(H,15,17)/t11-/m1/s1. The molecule has 1 saturated heterocycles. The van der Waals surface area contributed by atoms with E-state index < -0.39 is 6.04 Å². The highest BCUT2D eigenvalue weighted by Gasteiger charge is 2.29. The first-order chi connectivity index (χ1) is 7.84. The van der Waals surface area contributed by atoms with Gasteiger partial charge >= 0.3 is 0 Å². The number of nitrogens with zero attached hydrogens (tertiary/aromatic N) is 1. The Balaban J connectivity index is 2.38. The summed E-state index contributed by atoms with van der Waals surface area (Å²) in [5, 5.41) is 3.08. The lowest BCUT2D eigenvalue weighted by Gasteiger charge is -2.33. The second-order valence-electron chi connectivity index (χ2n) is 6.06. The van der Waals surface area contributed by atoms with Crippen LogP contribution < -0.4 is 11.1 Å². The number of carbonyl (C=O) groups is 1. The van der Waals surface area contributed by atoms with Crippen molar-refractivity contribution in [2.75, 3.05) is 19.6 Å². The summed E-state index contributed by atoms with van der Waals surface area (Å²) in [7, 11) is 0. The molecule has 1 aliphatic heterocycles. The van der Waals surface area contributed by atoms with Gasteiger partial charge in [0.25, 0.3) is 0 Å². The Labute approximate surface area is 105 Å². The first kappa shape index (κ1) is 14.5. The first-order valence-electron chi connectivity index (χ1n) is 6.63. The topological polar surface area (TPSA) is 58.4 Å². The van der Waals surface area contributed by atoms with Crippen molar-refractivity contribution in [3.8, 4) is 0 Å². The third-order valence-electron chi connectivity index (χ3n) is 3.60. The van der Waals surface area contributed by atoms with Gasteiger partial charge in [0.05, 0.1) is 6.04 Å². The summed E-state index contributed by atoms with van der Waals surface area (Å²) >= 11 is 0. The predicted molar refractivity (Wildman–Crippen MR) is 70.7 cm³/mol. The molecule has 4 nitrogen and oxygen atoms in total. The minimum Gasteiger partial charge on any atom is -0.352 e. The van der Waals surface area contributed by atoms with Crippen molar-refractivity contribution in [2.45, 2.75) is 52.6 Å². The lowest BCUT2D eigenvalue weighted by molar-refractivity contribution is -0.125. The van der Waals surface area contributed by atoms with Gasteiger partial charge in [-0.25, -0.2) is 0 Å². The zero-order valence-corrected chi connectivity index (χ0v) is 11.6. The van der Waals surface area contributed by atoms with Crippen LogP contribution in [-0.2, 0) is 4.79 Å². The van der Waals surface area contributed by atoms with Gasteiger partial charge in [-0.1, -0.05) is 27.7 Å². The third-order valence-corrected chi connectivity index (χ3v) is 3.60. The number of nitrogens with one attached hydrogen (secondary N) is 1. The highest BCUT2D eigenvalue weighted by atomic mass is 16.2. The Kier molecular flexibility index (Phi) is 4.95. The largest absolute Gasteiger partial charge is 0.352 e. The van der Waals surface area contributed by atoms with Crippen LogP contribution in [0.4, 0.5) is 0 Å². The normalized spacial score (nSPS) is 21.2. The second-order valence-corrected chi connectivity index (χ2v) is 6.06. The minimum atomic E-state index is -0.424. The summed E-state index contributed by atoms with van der Waals surface area (Å²) in [6.45, 7) is 11.4. The van der Waals surface area contributed by atoms with Gasteiger partial charge in [-0.15, -0.1) is 0 Å². The molecule has 0 spiro atoms. The zero-order chi connectivity index (χ0) is 13.1. The number of rotatable bonds is 3. The van der Waals surface area contributed by atoms with E-state index in [9.17, 15) is 4.79 Å². The smallest absolute Gasteiger partial charge is 0.237 e. The number of piperidine rings is 1. The molecule has 17 heavy (non-hydrogen) atoms. The summed E-state index contributed by atoms with van der Waals surface area (Å²) in [4.78, 5) is 14.4. The average molecular weight is 241 g/mol. The van der Waals surface area contributed by atoms with Gasteiger partial charge in [0.2, 0.25) is 5.91 Å². The molecule has 0 radical (unpaired) electrons. The van der Waals surface area contributed by atoms with E-state index in [0.717, 1.165) is 32.5 Å². The summed E-state index contributed by atoms with van der Waals surface area (Å²) in [5.41, 5.74) is 5.77. The van der Waals surface area contributed by atoms with E-state index in [2.05, 4.69) is 17.1 Å². The van der Waals surface area contributed by atoms with Crippen molar-refractivity contribution in [2.24, 2.45) is 11.1 Å². The van der Waals surface area contributed by atoms with Crippen LogP contribution in [-0.4, -0.2) is 42.5 Å². The monoisotopic (exact) mass is 241 g/mol. The van der Waals surface area contributed by atoms with E-state index in [0.29, 0.717) is 6.04 Å². The van der Waals surface area contributed by atoms with Gasteiger partial charge in [-0.05, 0) is 24.8 Å². The highest BCUT2D eigenvalue weighted by Crippen LogP contribution is 2.18. The molecule has 1 fully saturated rings. The molecule has 0 bridgehead atoms. The van der Waals surface area contributed by atoms with Crippen molar-refractivity contribution < 1.29 is 4.79 Å². The van der Waals surface area contributed by atoms with Crippen molar-refractivity contribution in [1.82, 2.24) is 10.2 Å². The highest BCUT2D eigenvalue weighted by molar-refractivity contribution is 5.82. The number of hydrogen-bond donors (Lipinski definition) is 2. The van der Waals surface area contributed by atoms with Gasteiger partial charge in [0.1, 0.15) is 0 Å². The molecule has 0 saturated carbocycles. The number of hydrogen-bond acceptors (Lipinski definition) is 3. The Morgan fingerprint density at radius 2 is 1.94 bits per heavy atom. The van der Waals surface area contributed by atoms with E-state index in [1.165, 1.54) is 0 Å². The Morgan fingerprint density at radius 3 is 2.35 bits per heavy atom. The van der Waals surface area contributed by atoms with E-state index >= 15 is 0 Å². The molecule has 1 atom stereocenters. The molecular weight excluding hydrogens is 214 g/mol. The number of nitrogens with two attached hydrogens (primary N) is 1. The Hall–Kier alpha value is -0.610. The van der Waals surface area contributed by atoms with Crippen molar-refractivity contribution in [1.29, 1.82) is 0 Å². The molecule has 0 aromatic carbocycles. The minimum absolute atomic E-state index is 0.00699. The number of amides is 1. The van der Waals surface area contributed by atoms with Crippen LogP contribution in [0.3, 0.4) is 0 Å².